The van der Waals surface area contributed by atoms with Crippen LogP contribution in [0.25, 0.3) is 0 Å². The van der Waals surface area contributed by atoms with E-state index in [1.54, 1.807) is 0 Å². The van der Waals surface area contributed by atoms with Gasteiger partial charge in [-0.15, -0.1) is 0 Å². The molecule has 0 bridgehead atoms. The molecule has 0 unspecified atom stereocenters. The molecule has 20 heavy (non-hydrogen) atoms. The minimum absolute atomic E-state index is 0.166. The standard InChI is InChI=1S/C15H19NO4/c1-16(10-13(17)18)15(19)12-8-5-9-20-14(12)11-6-3-2-4-7-11/h2-4,6-7,12,14H,5,8-10H2,1H3,(H,17,18)/t12-,14-/m1/s1. The number of carbonyl (C=O) groups excluding carboxylic acids is 1. The maximum Gasteiger partial charge on any atom is 0.323 e. The zero-order chi connectivity index (χ0) is 14.5. The summed E-state index contributed by atoms with van der Waals surface area (Å²) in [6.07, 6.45) is 1.26. The summed E-state index contributed by atoms with van der Waals surface area (Å²) in [6, 6.07) is 9.62. The molecule has 5 nitrogen and oxygen atoms in total. The fourth-order valence-electron chi connectivity index (χ4n) is 2.57. The van der Waals surface area contributed by atoms with Gasteiger partial charge in [0.2, 0.25) is 5.91 Å². The van der Waals surface area contributed by atoms with E-state index in [0.29, 0.717) is 6.61 Å². The summed E-state index contributed by atoms with van der Waals surface area (Å²) < 4.78 is 5.76. The molecule has 1 heterocycles. The van der Waals surface area contributed by atoms with Gasteiger partial charge < -0.3 is 14.7 Å². The third-order valence-electron chi connectivity index (χ3n) is 3.52. The highest BCUT2D eigenvalue weighted by atomic mass is 16.5. The zero-order valence-corrected chi connectivity index (χ0v) is 11.5. The van der Waals surface area contributed by atoms with Gasteiger partial charge in [-0.1, -0.05) is 30.3 Å². The van der Waals surface area contributed by atoms with Crippen molar-refractivity contribution in [1.29, 1.82) is 0 Å². The number of carboxylic acid groups (broad SMARTS) is 1. The van der Waals surface area contributed by atoms with Gasteiger partial charge in [-0.3, -0.25) is 9.59 Å². The van der Waals surface area contributed by atoms with Crippen LogP contribution in [0.1, 0.15) is 24.5 Å². The van der Waals surface area contributed by atoms with Crippen molar-refractivity contribution in [2.45, 2.75) is 18.9 Å². The van der Waals surface area contributed by atoms with Gasteiger partial charge in [-0.2, -0.15) is 0 Å². The van der Waals surface area contributed by atoms with Gasteiger partial charge in [0.15, 0.2) is 0 Å². The minimum atomic E-state index is -1.01. The Balaban J connectivity index is 2.15. The van der Waals surface area contributed by atoms with Crippen LogP contribution in [0.15, 0.2) is 30.3 Å². The van der Waals surface area contributed by atoms with Crippen LogP contribution in [0, 0.1) is 5.92 Å². The van der Waals surface area contributed by atoms with Gasteiger partial charge in [0.1, 0.15) is 6.54 Å². The third kappa shape index (κ3) is 3.36. The molecule has 5 heteroatoms. The molecule has 0 spiro atoms. The summed E-state index contributed by atoms with van der Waals surface area (Å²) in [6.45, 7) is 0.350. The molecular weight excluding hydrogens is 258 g/mol. The molecule has 1 aromatic carbocycles. The van der Waals surface area contributed by atoms with Crippen LogP contribution in [0.5, 0.6) is 0 Å². The number of ether oxygens (including phenoxy) is 1. The fraction of sp³-hybridized carbons (Fsp3) is 0.467. The lowest BCUT2D eigenvalue weighted by Gasteiger charge is -2.33. The van der Waals surface area contributed by atoms with Crippen LogP contribution in [-0.2, 0) is 14.3 Å². The lowest BCUT2D eigenvalue weighted by molar-refractivity contribution is -0.150. The first-order chi connectivity index (χ1) is 9.59. The van der Waals surface area contributed by atoms with E-state index in [1.807, 2.05) is 30.3 Å². The van der Waals surface area contributed by atoms with E-state index in [1.165, 1.54) is 11.9 Å². The minimum Gasteiger partial charge on any atom is -0.480 e. The lowest BCUT2D eigenvalue weighted by atomic mass is 9.88. The molecule has 1 amide bonds. The Hall–Kier alpha value is -1.88. The summed E-state index contributed by atoms with van der Waals surface area (Å²) in [5.74, 6) is -1.48. The highest BCUT2D eigenvalue weighted by Crippen LogP contribution is 2.34. The molecule has 0 saturated carbocycles. The summed E-state index contributed by atoms with van der Waals surface area (Å²) in [4.78, 5) is 24.4. The van der Waals surface area contributed by atoms with Crippen molar-refractivity contribution in [1.82, 2.24) is 4.90 Å². The third-order valence-corrected chi connectivity index (χ3v) is 3.52. The molecule has 1 saturated heterocycles. The molecule has 1 aromatic rings. The molecule has 108 valence electrons. The molecule has 1 fully saturated rings. The summed E-state index contributed by atoms with van der Waals surface area (Å²) in [5.41, 5.74) is 0.967. The van der Waals surface area contributed by atoms with Gasteiger partial charge in [-0.05, 0) is 18.4 Å². The largest absolute Gasteiger partial charge is 0.480 e. The Bertz CT molecular complexity index is 474. The molecular formula is C15H19NO4. The van der Waals surface area contributed by atoms with Crippen LogP contribution in [0.4, 0.5) is 0 Å². The second-order valence-corrected chi connectivity index (χ2v) is 5.04. The average molecular weight is 277 g/mol. The van der Waals surface area contributed by atoms with Crippen molar-refractivity contribution in [3.05, 3.63) is 35.9 Å². The highest BCUT2D eigenvalue weighted by molar-refractivity contribution is 5.83. The molecule has 1 N–H and O–H groups in total. The number of aliphatic carboxylic acids is 1. The summed E-state index contributed by atoms with van der Waals surface area (Å²) >= 11 is 0. The summed E-state index contributed by atoms with van der Waals surface area (Å²) in [7, 11) is 1.52. The van der Waals surface area contributed by atoms with Crippen molar-refractivity contribution in [3.8, 4) is 0 Å². The van der Waals surface area contributed by atoms with Crippen molar-refractivity contribution in [3.63, 3.8) is 0 Å². The van der Waals surface area contributed by atoms with E-state index in [-0.39, 0.29) is 24.5 Å². The van der Waals surface area contributed by atoms with E-state index in [4.69, 9.17) is 9.84 Å². The number of nitrogens with zero attached hydrogens (tertiary/aromatic N) is 1. The van der Waals surface area contributed by atoms with E-state index in [2.05, 4.69) is 0 Å². The molecule has 0 aliphatic carbocycles. The predicted octanol–water partition coefficient (Wildman–Crippen LogP) is 1.70. The highest BCUT2D eigenvalue weighted by Gasteiger charge is 2.35. The van der Waals surface area contributed by atoms with Crippen molar-refractivity contribution >= 4 is 11.9 Å². The average Bonchev–Trinajstić information content (AvgIpc) is 2.46. The van der Waals surface area contributed by atoms with E-state index >= 15 is 0 Å². The van der Waals surface area contributed by atoms with Crippen LogP contribution >= 0.6 is 0 Å². The number of hydrogen-bond acceptors (Lipinski definition) is 3. The van der Waals surface area contributed by atoms with Crippen molar-refractivity contribution in [2.24, 2.45) is 5.92 Å². The fourth-order valence-corrected chi connectivity index (χ4v) is 2.57. The zero-order valence-electron chi connectivity index (χ0n) is 11.5. The molecule has 2 atom stereocenters. The van der Waals surface area contributed by atoms with E-state index < -0.39 is 5.97 Å². The molecule has 0 aromatic heterocycles. The monoisotopic (exact) mass is 277 g/mol. The lowest BCUT2D eigenvalue weighted by Crippen LogP contribution is -2.41. The van der Waals surface area contributed by atoms with Crippen LogP contribution in [-0.4, -0.2) is 42.1 Å². The SMILES string of the molecule is CN(CC(=O)O)C(=O)[C@@H]1CCCO[C@@H]1c1ccccc1. The Morgan fingerprint density at radius 3 is 2.70 bits per heavy atom. The maximum atomic E-state index is 12.4. The molecule has 1 aliphatic heterocycles. The molecule has 0 radical (unpaired) electrons. The first kappa shape index (κ1) is 14.5. The number of hydrogen-bond donors (Lipinski definition) is 1. The Morgan fingerprint density at radius 2 is 2.05 bits per heavy atom. The second kappa shape index (κ2) is 6.52. The number of benzene rings is 1. The predicted molar refractivity (Wildman–Crippen MR) is 73.1 cm³/mol. The number of likely N-dealkylation sites (N-methyl/N-ethyl adjacent to an activating group) is 1. The van der Waals surface area contributed by atoms with E-state index in [9.17, 15) is 9.59 Å². The Labute approximate surface area is 118 Å². The molecule has 2 rings (SSSR count). The van der Waals surface area contributed by atoms with Gasteiger partial charge in [-0.25, -0.2) is 0 Å². The first-order valence-electron chi connectivity index (χ1n) is 6.73. The number of rotatable bonds is 4. The van der Waals surface area contributed by atoms with Crippen molar-refractivity contribution < 1.29 is 19.4 Å². The van der Waals surface area contributed by atoms with Gasteiger partial charge >= 0.3 is 5.97 Å². The van der Waals surface area contributed by atoms with Crippen LogP contribution < -0.4 is 0 Å². The number of amides is 1. The topological polar surface area (TPSA) is 66.8 Å². The van der Waals surface area contributed by atoms with Gasteiger partial charge in [0.25, 0.3) is 0 Å². The second-order valence-electron chi connectivity index (χ2n) is 5.04. The van der Waals surface area contributed by atoms with Gasteiger partial charge in [0, 0.05) is 13.7 Å². The summed E-state index contributed by atoms with van der Waals surface area (Å²) in [5, 5.41) is 8.79. The quantitative estimate of drug-likeness (QED) is 0.909. The van der Waals surface area contributed by atoms with E-state index in [0.717, 1.165) is 18.4 Å². The van der Waals surface area contributed by atoms with Crippen molar-refractivity contribution in [2.75, 3.05) is 20.2 Å². The van der Waals surface area contributed by atoms with Crippen LogP contribution in [0.3, 0.4) is 0 Å². The molecule has 1 aliphatic rings. The Kier molecular flexibility index (Phi) is 4.74. The smallest absolute Gasteiger partial charge is 0.323 e. The normalized spacial score (nSPS) is 22.2. The number of carboxylic acids is 1. The maximum absolute atomic E-state index is 12.4. The van der Waals surface area contributed by atoms with Crippen LogP contribution in [0.2, 0.25) is 0 Å². The van der Waals surface area contributed by atoms with Gasteiger partial charge in [0.05, 0.1) is 12.0 Å². The Morgan fingerprint density at radius 1 is 1.35 bits per heavy atom. The number of carbonyl (C=O) groups is 2. The first-order valence-corrected chi connectivity index (χ1v) is 6.73.